The highest BCUT2D eigenvalue weighted by molar-refractivity contribution is 7.92. The minimum atomic E-state index is -3.89. The minimum absolute atomic E-state index is 0.0614. The van der Waals surface area contributed by atoms with E-state index in [1.54, 1.807) is 6.92 Å². The zero-order valence-corrected chi connectivity index (χ0v) is 17.4. The summed E-state index contributed by atoms with van der Waals surface area (Å²) < 4.78 is 30.7. The minimum Gasteiger partial charge on any atom is -0.469 e. The van der Waals surface area contributed by atoms with Crippen LogP contribution in [0.3, 0.4) is 0 Å². The Bertz CT molecular complexity index is 879. The molecule has 160 valence electrons. The Morgan fingerprint density at radius 3 is 2.45 bits per heavy atom. The molecule has 1 saturated heterocycles. The summed E-state index contributed by atoms with van der Waals surface area (Å²) in [5, 5.41) is 11.1. The van der Waals surface area contributed by atoms with Crippen LogP contribution in [0.5, 0.6) is 0 Å². The molecule has 1 heterocycles. The number of sulfonamides is 1. The fourth-order valence-electron chi connectivity index (χ4n) is 3.50. The van der Waals surface area contributed by atoms with Crippen LogP contribution in [0.15, 0.2) is 24.3 Å². The summed E-state index contributed by atoms with van der Waals surface area (Å²) in [5.74, 6) is -1.00. The summed E-state index contributed by atoms with van der Waals surface area (Å²) in [6.07, 6.45) is 2.02. The van der Waals surface area contributed by atoms with Crippen molar-refractivity contribution >= 4 is 33.3 Å². The molecule has 1 amide bonds. The number of hydrogen-bond donors (Lipinski definition) is 0. The molecule has 1 aromatic rings. The Morgan fingerprint density at radius 2 is 1.97 bits per heavy atom. The number of nitrogens with zero attached hydrogens (tertiary/aromatic N) is 3. The van der Waals surface area contributed by atoms with E-state index in [1.807, 2.05) is 0 Å². The topological polar surface area (TPSA) is 127 Å². The van der Waals surface area contributed by atoms with Gasteiger partial charge in [0, 0.05) is 25.2 Å². The van der Waals surface area contributed by atoms with Crippen molar-refractivity contribution in [2.45, 2.75) is 32.2 Å². The zero-order valence-electron chi connectivity index (χ0n) is 16.6. The van der Waals surface area contributed by atoms with Crippen molar-refractivity contribution in [2.24, 2.45) is 5.92 Å². The molecule has 29 heavy (non-hydrogen) atoms. The summed E-state index contributed by atoms with van der Waals surface area (Å²) in [5.41, 5.74) is -0.205. The van der Waals surface area contributed by atoms with Crippen molar-refractivity contribution in [3.8, 4) is 0 Å². The summed E-state index contributed by atoms with van der Waals surface area (Å²) in [6, 6.07) is 4.16. The monoisotopic (exact) mass is 427 g/mol. The van der Waals surface area contributed by atoms with Gasteiger partial charge < -0.3 is 9.64 Å². The SMILES string of the molecule is CCC(C(=O)N1CCC(C(=O)OC)CC1)N(c1cccc([N+](=O)[O-])c1)S(C)(=O)=O. The Labute approximate surface area is 169 Å². The lowest BCUT2D eigenvalue weighted by Gasteiger charge is -2.37. The molecule has 1 unspecified atom stereocenters. The first-order chi connectivity index (χ1) is 13.6. The highest BCUT2D eigenvalue weighted by Crippen LogP contribution is 2.28. The predicted molar refractivity (Wildman–Crippen MR) is 106 cm³/mol. The first-order valence-corrected chi connectivity index (χ1v) is 11.1. The third-order valence-electron chi connectivity index (χ3n) is 4.95. The fourth-order valence-corrected chi connectivity index (χ4v) is 4.70. The molecule has 2 rings (SSSR count). The fraction of sp³-hybridized carbons (Fsp3) is 0.556. The first kappa shape index (κ1) is 22.6. The van der Waals surface area contributed by atoms with E-state index in [0.717, 1.165) is 16.6 Å². The average molecular weight is 427 g/mol. The van der Waals surface area contributed by atoms with E-state index in [2.05, 4.69) is 0 Å². The molecular weight excluding hydrogens is 402 g/mol. The quantitative estimate of drug-likeness (QED) is 0.367. The smallest absolute Gasteiger partial charge is 0.308 e. The predicted octanol–water partition coefficient (Wildman–Crippen LogP) is 1.55. The number of carbonyl (C=O) groups is 2. The maximum absolute atomic E-state index is 13.1. The number of ether oxygens (including phenoxy) is 1. The van der Waals surface area contributed by atoms with Gasteiger partial charge >= 0.3 is 5.97 Å². The lowest BCUT2D eigenvalue weighted by Crippen LogP contribution is -2.52. The van der Waals surface area contributed by atoms with E-state index >= 15 is 0 Å². The van der Waals surface area contributed by atoms with Gasteiger partial charge in [-0.15, -0.1) is 0 Å². The number of likely N-dealkylation sites (tertiary alicyclic amines) is 1. The van der Waals surface area contributed by atoms with E-state index < -0.39 is 26.9 Å². The number of benzene rings is 1. The van der Waals surface area contributed by atoms with Gasteiger partial charge in [-0.25, -0.2) is 8.42 Å². The molecule has 1 aromatic carbocycles. The van der Waals surface area contributed by atoms with Gasteiger partial charge in [0.25, 0.3) is 5.69 Å². The third-order valence-corrected chi connectivity index (χ3v) is 6.13. The molecule has 0 N–H and O–H groups in total. The summed E-state index contributed by atoms with van der Waals surface area (Å²) in [7, 11) is -2.58. The summed E-state index contributed by atoms with van der Waals surface area (Å²) in [4.78, 5) is 36.8. The van der Waals surface area contributed by atoms with Crippen molar-refractivity contribution in [1.29, 1.82) is 0 Å². The second-order valence-corrected chi connectivity index (χ2v) is 8.74. The number of methoxy groups -OCH3 is 1. The Balaban J connectivity index is 2.30. The van der Waals surface area contributed by atoms with Gasteiger partial charge in [-0.1, -0.05) is 13.0 Å². The number of hydrogen-bond acceptors (Lipinski definition) is 7. The number of amides is 1. The largest absolute Gasteiger partial charge is 0.469 e. The number of esters is 1. The second kappa shape index (κ2) is 9.21. The van der Waals surface area contributed by atoms with Crippen LogP contribution in [0.2, 0.25) is 0 Å². The Kier molecular flexibility index (Phi) is 7.17. The molecule has 0 radical (unpaired) electrons. The molecular formula is C18H25N3O7S. The first-order valence-electron chi connectivity index (χ1n) is 9.20. The van der Waals surface area contributed by atoms with E-state index in [9.17, 15) is 28.1 Å². The summed E-state index contributed by atoms with van der Waals surface area (Å²) in [6.45, 7) is 2.29. The van der Waals surface area contributed by atoms with Crippen LogP contribution in [0, 0.1) is 16.0 Å². The molecule has 1 fully saturated rings. The van der Waals surface area contributed by atoms with E-state index in [4.69, 9.17) is 4.74 Å². The van der Waals surface area contributed by atoms with E-state index in [1.165, 1.54) is 30.2 Å². The van der Waals surface area contributed by atoms with Gasteiger partial charge in [0.2, 0.25) is 15.9 Å². The normalized spacial score (nSPS) is 16.2. The molecule has 11 heteroatoms. The lowest BCUT2D eigenvalue weighted by molar-refractivity contribution is -0.384. The standard InChI is InChI=1S/C18H25N3O7S/c1-4-16(17(22)19-10-8-13(9-11-19)18(23)28-2)20(29(3,26)27)14-6-5-7-15(12-14)21(24)25/h5-7,12-13,16H,4,8-11H2,1-3H3. The van der Waals surface area contributed by atoms with Crippen molar-refractivity contribution in [2.75, 3.05) is 30.8 Å². The maximum atomic E-state index is 13.1. The molecule has 0 spiro atoms. The number of rotatable bonds is 7. The number of nitro groups is 1. The van der Waals surface area contributed by atoms with Crippen LogP contribution in [0.25, 0.3) is 0 Å². The van der Waals surface area contributed by atoms with Crippen molar-refractivity contribution < 1.29 is 27.7 Å². The summed E-state index contributed by atoms with van der Waals surface area (Å²) >= 11 is 0. The van der Waals surface area contributed by atoms with Crippen LogP contribution in [0.4, 0.5) is 11.4 Å². The van der Waals surface area contributed by atoms with Gasteiger partial charge in [-0.2, -0.15) is 0 Å². The highest BCUT2D eigenvalue weighted by atomic mass is 32.2. The van der Waals surface area contributed by atoms with E-state index in [0.29, 0.717) is 25.9 Å². The van der Waals surface area contributed by atoms with Gasteiger partial charge in [0.05, 0.1) is 29.9 Å². The van der Waals surface area contributed by atoms with Crippen molar-refractivity contribution in [1.82, 2.24) is 4.90 Å². The molecule has 0 aromatic heterocycles. The lowest BCUT2D eigenvalue weighted by atomic mass is 9.96. The molecule has 0 bridgehead atoms. The van der Waals surface area contributed by atoms with Crippen LogP contribution >= 0.6 is 0 Å². The number of carbonyl (C=O) groups excluding carboxylic acids is 2. The zero-order chi connectivity index (χ0) is 21.8. The van der Waals surface area contributed by atoms with Crippen LogP contribution in [-0.2, 0) is 24.3 Å². The van der Waals surface area contributed by atoms with Crippen LogP contribution in [-0.4, -0.2) is 62.6 Å². The molecule has 10 nitrogen and oxygen atoms in total. The number of nitro benzene ring substituents is 1. The molecule has 1 aliphatic heterocycles. The van der Waals surface area contributed by atoms with Gasteiger partial charge in [-0.05, 0) is 25.3 Å². The number of non-ortho nitro benzene ring substituents is 1. The van der Waals surface area contributed by atoms with Crippen LogP contribution in [0.1, 0.15) is 26.2 Å². The second-order valence-electron chi connectivity index (χ2n) is 6.88. The van der Waals surface area contributed by atoms with Gasteiger partial charge in [0.1, 0.15) is 6.04 Å². The van der Waals surface area contributed by atoms with Gasteiger partial charge in [-0.3, -0.25) is 24.0 Å². The number of piperidine rings is 1. The highest BCUT2D eigenvalue weighted by Gasteiger charge is 2.37. The maximum Gasteiger partial charge on any atom is 0.308 e. The van der Waals surface area contributed by atoms with Crippen LogP contribution < -0.4 is 4.31 Å². The molecule has 0 saturated carbocycles. The molecule has 1 atom stereocenters. The van der Waals surface area contributed by atoms with Crippen molar-refractivity contribution in [3.05, 3.63) is 34.4 Å². The van der Waals surface area contributed by atoms with E-state index in [-0.39, 0.29) is 29.7 Å². The molecule has 0 aliphatic carbocycles. The third kappa shape index (κ3) is 5.22. The van der Waals surface area contributed by atoms with Gasteiger partial charge in [0.15, 0.2) is 0 Å². The Hall–Kier alpha value is -2.69. The average Bonchev–Trinajstić information content (AvgIpc) is 2.70. The van der Waals surface area contributed by atoms with Crippen molar-refractivity contribution in [3.63, 3.8) is 0 Å². The molecule has 1 aliphatic rings. The Morgan fingerprint density at radius 1 is 1.34 bits per heavy atom. The number of anilines is 1.